The summed E-state index contributed by atoms with van der Waals surface area (Å²) in [6.07, 6.45) is 2.46. The van der Waals surface area contributed by atoms with Crippen molar-refractivity contribution in [2.45, 2.75) is 39.3 Å². The molecule has 0 aliphatic rings. The molecule has 0 aliphatic carbocycles. The predicted molar refractivity (Wildman–Crippen MR) is 130 cm³/mol. The van der Waals surface area contributed by atoms with Crippen molar-refractivity contribution in [1.29, 1.82) is 0 Å². The Morgan fingerprint density at radius 2 is 1.66 bits per heavy atom. The van der Waals surface area contributed by atoms with Gasteiger partial charge in [-0.15, -0.1) is 0 Å². The minimum atomic E-state index is -0.267. The van der Waals surface area contributed by atoms with Gasteiger partial charge in [-0.25, -0.2) is 4.79 Å². The molecule has 8 heteroatoms. The van der Waals surface area contributed by atoms with Crippen LogP contribution in [0.4, 0.5) is 21.9 Å². The van der Waals surface area contributed by atoms with Crippen molar-refractivity contribution in [3.8, 4) is 11.5 Å². The number of rotatable bonds is 11. The minimum Gasteiger partial charge on any atom is -0.493 e. The van der Waals surface area contributed by atoms with Gasteiger partial charge >= 0.3 is 6.03 Å². The average molecular weight is 443 g/mol. The Labute approximate surface area is 190 Å². The van der Waals surface area contributed by atoms with Gasteiger partial charge < -0.3 is 30.2 Å². The van der Waals surface area contributed by atoms with Crippen LogP contribution in [0.25, 0.3) is 0 Å². The summed E-state index contributed by atoms with van der Waals surface area (Å²) in [6, 6.07) is 11.0. The Hall–Kier alpha value is -3.26. The van der Waals surface area contributed by atoms with Gasteiger partial charge in [-0.2, -0.15) is 0 Å². The van der Waals surface area contributed by atoms with Crippen LogP contribution < -0.4 is 25.4 Å². The summed E-state index contributed by atoms with van der Waals surface area (Å²) < 4.78 is 16.1. The fourth-order valence-corrected chi connectivity index (χ4v) is 2.93. The molecule has 2 aromatic rings. The molecule has 0 fully saturated rings. The lowest BCUT2D eigenvalue weighted by molar-refractivity contribution is 0.0165. The van der Waals surface area contributed by atoms with E-state index in [2.05, 4.69) is 20.9 Å². The molecule has 3 N–H and O–H groups in total. The summed E-state index contributed by atoms with van der Waals surface area (Å²) in [7, 11) is 4.88. The zero-order valence-corrected chi connectivity index (χ0v) is 19.7. The van der Waals surface area contributed by atoms with Crippen molar-refractivity contribution in [3.05, 3.63) is 42.0 Å². The van der Waals surface area contributed by atoms with E-state index in [1.54, 1.807) is 27.5 Å². The first-order chi connectivity index (χ1) is 15.3. The van der Waals surface area contributed by atoms with Crippen molar-refractivity contribution in [1.82, 2.24) is 5.32 Å². The van der Waals surface area contributed by atoms with E-state index in [9.17, 15) is 4.79 Å². The molecule has 0 radical (unpaired) electrons. The van der Waals surface area contributed by atoms with Crippen molar-refractivity contribution in [3.63, 3.8) is 0 Å². The number of hydrogen-bond acceptors (Lipinski definition) is 6. The number of anilines is 2. The maximum absolute atomic E-state index is 12.1. The topological polar surface area (TPSA) is 93.2 Å². The van der Waals surface area contributed by atoms with E-state index in [1.165, 1.54) is 0 Å². The normalized spacial score (nSPS) is 11.3. The standard InChI is InChI=1S/C24H34N4O4/c1-7-25-20-15-22(31-5)21(30-4)14-17(20)16-27-18-8-10-19(11-9-18)28-23(29)26-13-12-24(2,3)32-6/h7-11,14-15,27H,12-13,16H2,1-6H3,(H2,26,28,29). The lowest BCUT2D eigenvalue weighted by Crippen LogP contribution is -2.34. The van der Waals surface area contributed by atoms with Crippen molar-refractivity contribution in [2.24, 2.45) is 4.99 Å². The van der Waals surface area contributed by atoms with Gasteiger partial charge in [-0.3, -0.25) is 4.99 Å². The molecule has 8 nitrogen and oxygen atoms in total. The van der Waals surface area contributed by atoms with E-state index in [-0.39, 0.29) is 11.6 Å². The zero-order chi connectivity index (χ0) is 23.6. The molecule has 0 atom stereocenters. The highest BCUT2D eigenvalue weighted by Gasteiger charge is 2.16. The van der Waals surface area contributed by atoms with Gasteiger partial charge in [0, 0.05) is 49.4 Å². The number of ether oxygens (including phenoxy) is 3. The van der Waals surface area contributed by atoms with E-state index in [1.807, 2.05) is 57.2 Å². The summed E-state index contributed by atoms with van der Waals surface area (Å²) in [4.78, 5) is 16.5. The Morgan fingerprint density at radius 1 is 1.03 bits per heavy atom. The van der Waals surface area contributed by atoms with E-state index >= 15 is 0 Å². The molecule has 2 aromatic carbocycles. The Kier molecular flexibility index (Phi) is 9.34. The smallest absolute Gasteiger partial charge is 0.319 e. The number of nitrogens with one attached hydrogen (secondary N) is 3. The van der Waals surface area contributed by atoms with Gasteiger partial charge in [-0.05, 0) is 57.5 Å². The molecule has 0 aliphatic heterocycles. The van der Waals surface area contributed by atoms with Crippen molar-refractivity contribution in [2.75, 3.05) is 38.5 Å². The largest absolute Gasteiger partial charge is 0.493 e. The number of amides is 2. The van der Waals surface area contributed by atoms with E-state index in [0.29, 0.717) is 30.3 Å². The molecule has 0 saturated heterocycles. The van der Waals surface area contributed by atoms with Crippen LogP contribution in [-0.2, 0) is 11.3 Å². The number of nitrogens with zero attached hydrogens (tertiary/aromatic N) is 1. The molecule has 0 saturated carbocycles. The molecule has 174 valence electrons. The van der Waals surface area contributed by atoms with Gasteiger partial charge in [-0.1, -0.05) is 0 Å². The highest BCUT2D eigenvalue weighted by Crippen LogP contribution is 2.35. The van der Waals surface area contributed by atoms with Gasteiger partial charge in [0.1, 0.15) is 0 Å². The number of carbonyl (C=O) groups excluding carboxylic acids is 1. The summed E-state index contributed by atoms with van der Waals surface area (Å²) in [5.41, 5.74) is 3.14. The van der Waals surface area contributed by atoms with Crippen LogP contribution in [0.3, 0.4) is 0 Å². The molecule has 2 amide bonds. The van der Waals surface area contributed by atoms with Gasteiger partial charge in [0.2, 0.25) is 0 Å². The highest BCUT2D eigenvalue weighted by molar-refractivity contribution is 5.89. The predicted octanol–water partition coefficient (Wildman–Crippen LogP) is 4.97. The third kappa shape index (κ3) is 7.46. The van der Waals surface area contributed by atoms with Crippen LogP contribution in [0.15, 0.2) is 41.4 Å². The lowest BCUT2D eigenvalue weighted by atomic mass is 10.1. The Bertz CT molecular complexity index is 911. The molecule has 0 spiro atoms. The zero-order valence-electron chi connectivity index (χ0n) is 19.7. The highest BCUT2D eigenvalue weighted by atomic mass is 16.5. The average Bonchev–Trinajstić information content (AvgIpc) is 2.78. The van der Waals surface area contributed by atoms with E-state index in [0.717, 1.165) is 23.4 Å². The monoisotopic (exact) mass is 442 g/mol. The number of benzene rings is 2. The van der Waals surface area contributed by atoms with E-state index in [4.69, 9.17) is 14.2 Å². The maximum Gasteiger partial charge on any atom is 0.319 e. The SMILES string of the molecule is CC=Nc1cc(OC)c(OC)cc1CNc1ccc(NC(=O)NCCC(C)(C)OC)cc1. The second-order valence-corrected chi connectivity index (χ2v) is 7.75. The molecule has 2 rings (SSSR count). The minimum absolute atomic E-state index is 0.245. The number of hydrogen-bond donors (Lipinski definition) is 3. The van der Waals surface area contributed by atoms with Crippen LogP contribution >= 0.6 is 0 Å². The third-order valence-corrected chi connectivity index (χ3v) is 5.04. The van der Waals surface area contributed by atoms with Crippen molar-refractivity contribution >= 4 is 29.3 Å². The van der Waals surface area contributed by atoms with Crippen LogP contribution in [0, 0.1) is 0 Å². The molecular formula is C24H34N4O4. The Balaban J connectivity index is 1.95. The van der Waals surface area contributed by atoms with Gasteiger partial charge in [0.25, 0.3) is 0 Å². The molecule has 0 aromatic heterocycles. The fourth-order valence-electron chi connectivity index (χ4n) is 2.93. The van der Waals surface area contributed by atoms with Crippen LogP contribution in [-0.4, -0.2) is 45.7 Å². The van der Waals surface area contributed by atoms with Crippen LogP contribution in [0.2, 0.25) is 0 Å². The summed E-state index contributed by atoms with van der Waals surface area (Å²) >= 11 is 0. The summed E-state index contributed by atoms with van der Waals surface area (Å²) in [6.45, 7) is 6.92. The molecule has 32 heavy (non-hydrogen) atoms. The van der Waals surface area contributed by atoms with Crippen molar-refractivity contribution < 1.29 is 19.0 Å². The van der Waals surface area contributed by atoms with Crippen LogP contribution in [0.5, 0.6) is 11.5 Å². The summed E-state index contributed by atoms with van der Waals surface area (Å²) in [5.74, 6) is 1.29. The number of urea groups is 1. The molecule has 0 bridgehead atoms. The summed E-state index contributed by atoms with van der Waals surface area (Å²) in [5, 5.41) is 9.05. The first-order valence-corrected chi connectivity index (χ1v) is 10.5. The molecular weight excluding hydrogens is 408 g/mol. The second kappa shape index (κ2) is 12.0. The van der Waals surface area contributed by atoms with Gasteiger partial charge in [0.05, 0.1) is 25.5 Å². The number of carbonyl (C=O) groups is 1. The lowest BCUT2D eigenvalue weighted by Gasteiger charge is -2.22. The first-order valence-electron chi connectivity index (χ1n) is 10.5. The van der Waals surface area contributed by atoms with Gasteiger partial charge in [0.15, 0.2) is 11.5 Å². The number of methoxy groups -OCH3 is 3. The fraction of sp³-hybridized carbons (Fsp3) is 0.417. The Morgan fingerprint density at radius 3 is 2.25 bits per heavy atom. The third-order valence-electron chi connectivity index (χ3n) is 5.04. The second-order valence-electron chi connectivity index (χ2n) is 7.75. The number of aliphatic imine (C=N–C) groups is 1. The molecule has 0 unspecified atom stereocenters. The quantitative estimate of drug-likeness (QED) is 0.427. The van der Waals surface area contributed by atoms with Crippen LogP contribution in [0.1, 0.15) is 32.8 Å². The maximum atomic E-state index is 12.1. The van der Waals surface area contributed by atoms with E-state index < -0.39 is 0 Å². The first kappa shape index (κ1) is 25.0. The molecule has 0 heterocycles.